The third-order valence-electron chi connectivity index (χ3n) is 3.05. The first kappa shape index (κ1) is 20.4. The van der Waals surface area contributed by atoms with Crippen LogP contribution in [-0.2, 0) is 19.1 Å². The number of carboxylic acids is 2. The zero-order valence-corrected chi connectivity index (χ0v) is 13.8. The van der Waals surface area contributed by atoms with Crippen LogP contribution in [0.15, 0.2) is 0 Å². The zero-order valence-electron chi connectivity index (χ0n) is 13.8. The fourth-order valence-electron chi connectivity index (χ4n) is 2.16. The summed E-state index contributed by atoms with van der Waals surface area (Å²) >= 11 is 0. The van der Waals surface area contributed by atoms with Gasteiger partial charge in [0.25, 0.3) is 0 Å². The first-order valence-corrected chi connectivity index (χ1v) is 7.41. The van der Waals surface area contributed by atoms with E-state index in [4.69, 9.17) is 9.84 Å². The van der Waals surface area contributed by atoms with E-state index < -0.39 is 24.0 Å². The lowest BCUT2D eigenvalue weighted by molar-refractivity contribution is -0.873. The van der Waals surface area contributed by atoms with Crippen molar-refractivity contribution >= 4 is 17.9 Å². The van der Waals surface area contributed by atoms with Crippen molar-refractivity contribution in [2.75, 3.05) is 27.7 Å². The highest BCUT2D eigenvalue weighted by Gasteiger charge is 2.23. The van der Waals surface area contributed by atoms with Crippen molar-refractivity contribution in [1.82, 2.24) is 0 Å². The van der Waals surface area contributed by atoms with Crippen LogP contribution in [-0.4, -0.2) is 61.3 Å². The molecule has 0 amide bonds. The maximum absolute atomic E-state index is 11.9. The summed E-state index contributed by atoms with van der Waals surface area (Å²) in [5.41, 5.74) is 0. The van der Waals surface area contributed by atoms with E-state index in [-0.39, 0.29) is 25.2 Å². The van der Waals surface area contributed by atoms with E-state index >= 15 is 0 Å². The number of esters is 1. The summed E-state index contributed by atoms with van der Waals surface area (Å²) in [6.45, 7) is 2.23. The number of likely N-dealkylation sites (N-methyl/N-ethyl adjacent to an activating group) is 1. The summed E-state index contributed by atoms with van der Waals surface area (Å²) in [5, 5.41) is 19.3. The molecule has 0 aromatic heterocycles. The molecule has 0 heterocycles. The highest BCUT2D eigenvalue weighted by Crippen LogP contribution is 2.14. The van der Waals surface area contributed by atoms with Gasteiger partial charge in [0.15, 0.2) is 6.10 Å². The minimum atomic E-state index is -1.25. The van der Waals surface area contributed by atoms with Crippen molar-refractivity contribution in [2.24, 2.45) is 5.92 Å². The van der Waals surface area contributed by atoms with Crippen LogP contribution in [0, 0.1) is 5.92 Å². The first-order chi connectivity index (χ1) is 9.99. The van der Waals surface area contributed by atoms with E-state index in [0.717, 1.165) is 0 Å². The molecule has 0 rings (SSSR count). The molecule has 0 bridgehead atoms. The van der Waals surface area contributed by atoms with Crippen LogP contribution in [0.3, 0.4) is 0 Å². The molecule has 0 aliphatic rings. The Labute approximate surface area is 131 Å². The topological polar surface area (TPSA) is 104 Å². The van der Waals surface area contributed by atoms with Crippen LogP contribution in [0.1, 0.15) is 39.0 Å². The fraction of sp³-hybridized carbons (Fsp3) is 0.800. The maximum Gasteiger partial charge on any atom is 0.306 e. The van der Waals surface area contributed by atoms with Gasteiger partial charge in [0, 0.05) is 25.2 Å². The number of quaternary nitrogens is 1. The van der Waals surface area contributed by atoms with Crippen LogP contribution in [0.5, 0.6) is 0 Å². The average molecular weight is 317 g/mol. The van der Waals surface area contributed by atoms with Gasteiger partial charge in [-0.3, -0.25) is 9.59 Å². The number of aliphatic carboxylic acids is 2. The second-order valence-electron chi connectivity index (χ2n) is 6.76. The molecule has 0 saturated heterocycles. The number of ether oxygens (including phenoxy) is 1. The van der Waals surface area contributed by atoms with Crippen LogP contribution < -0.4 is 5.11 Å². The molecule has 0 aliphatic carbocycles. The molecule has 1 N–H and O–H groups in total. The lowest BCUT2D eigenvalue weighted by atomic mass is 10.0. The van der Waals surface area contributed by atoms with E-state index in [1.54, 1.807) is 0 Å². The van der Waals surface area contributed by atoms with Gasteiger partial charge in [-0.15, -0.1) is 0 Å². The van der Waals surface area contributed by atoms with Crippen LogP contribution >= 0.6 is 0 Å². The Kier molecular flexibility index (Phi) is 8.70. The molecule has 0 saturated carbocycles. The normalized spacial score (nSPS) is 14.2. The van der Waals surface area contributed by atoms with E-state index in [1.165, 1.54) is 0 Å². The van der Waals surface area contributed by atoms with Crippen LogP contribution in [0.2, 0.25) is 0 Å². The smallest absolute Gasteiger partial charge is 0.306 e. The summed E-state index contributed by atoms with van der Waals surface area (Å²) in [5.74, 6) is -2.56. The number of hydrogen-bond donors (Lipinski definition) is 1. The Morgan fingerprint density at radius 1 is 1.18 bits per heavy atom. The number of hydrogen-bond acceptors (Lipinski definition) is 5. The van der Waals surface area contributed by atoms with Gasteiger partial charge in [0.2, 0.25) is 0 Å². The molecule has 7 heteroatoms. The zero-order chi connectivity index (χ0) is 17.3. The third kappa shape index (κ3) is 12.1. The second kappa shape index (κ2) is 9.40. The third-order valence-corrected chi connectivity index (χ3v) is 3.05. The molecule has 0 aliphatic heterocycles. The highest BCUT2D eigenvalue weighted by atomic mass is 16.5. The van der Waals surface area contributed by atoms with E-state index in [1.807, 2.05) is 28.1 Å². The van der Waals surface area contributed by atoms with Crippen molar-refractivity contribution in [3.8, 4) is 0 Å². The van der Waals surface area contributed by atoms with Crippen molar-refractivity contribution in [3.63, 3.8) is 0 Å². The summed E-state index contributed by atoms with van der Waals surface area (Å²) in [7, 11) is 5.64. The highest BCUT2D eigenvalue weighted by molar-refractivity contribution is 5.71. The predicted molar refractivity (Wildman–Crippen MR) is 77.7 cm³/mol. The van der Waals surface area contributed by atoms with Crippen molar-refractivity contribution < 1.29 is 33.8 Å². The number of carbonyl (C=O) groups excluding carboxylic acids is 2. The van der Waals surface area contributed by atoms with E-state index in [2.05, 4.69) is 0 Å². The quantitative estimate of drug-likeness (QED) is 0.426. The summed E-state index contributed by atoms with van der Waals surface area (Å²) in [4.78, 5) is 33.0. The van der Waals surface area contributed by atoms with Crippen LogP contribution in [0.4, 0.5) is 0 Å². The molecule has 0 aromatic carbocycles. The Morgan fingerprint density at radius 2 is 1.77 bits per heavy atom. The Bertz CT molecular complexity index is 388. The lowest BCUT2D eigenvalue weighted by Crippen LogP contribution is -2.45. The van der Waals surface area contributed by atoms with Gasteiger partial charge in [-0.1, -0.05) is 6.92 Å². The minimum absolute atomic E-state index is 0.000389. The molecule has 0 fully saturated rings. The predicted octanol–water partition coefficient (Wildman–Crippen LogP) is 0.0255. The second-order valence-corrected chi connectivity index (χ2v) is 6.76. The SMILES string of the molecule is CC(CCCC(=O)O)CC(=O)OC(CC(=O)[O-])C[N+](C)(C)C. The van der Waals surface area contributed by atoms with Crippen LogP contribution in [0.25, 0.3) is 0 Å². The monoisotopic (exact) mass is 317 g/mol. The molecule has 7 nitrogen and oxygen atoms in total. The molecule has 128 valence electrons. The average Bonchev–Trinajstić information content (AvgIpc) is 2.23. The number of nitrogens with zero attached hydrogens (tertiary/aromatic N) is 1. The molecule has 2 unspecified atom stereocenters. The van der Waals surface area contributed by atoms with Gasteiger partial charge in [-0.05, 0) is 18.8 Å². The van der Waals surface area contributed by atoms with Crippen molar-refractivity contribution in [2.45, 2.75) is 45.1 Å². The maximum atomic E-state index is 11.9. The Hall–Kier alpha value is -1.63. The summed E-state index contributed by atoms with van der Waals surface area (Å²) < 4.78 is 5.72. The largest absolute Gasteiger partial charge is 0.550 e. The van der Waals surface area contributed by atoms with E-state index in [9.17, 15) is 19.5 Å². The summed E-state index contributed by atoms with van der Waals surface area (Å²) in [6, 6.07) is 0. The first-order valence-electron chi connectivity index (χ1n) is 7.41. The molecule has 2 atom stereocenters. The molecular formula is C15H27NO6. The molecule has 0 radical (unpaired) electrons. The van der Waals surface area contributed by atoms with Gasteiger partial charge in [0.05, 0.1) is 21.1 Å². The minimum Gasteiger partial charge on any atom is -0.550 e. The Morgan fingerprint density at radius 3 is 2.23 bits per heavy atom. The van der Waals surface area contributed by atoms with Gasteiger partial charge in [-0.25, -0.2) is 0 Å². The van der Waals surface area contributed by atoms with E-state index in [0.29, 0.717) is 23.9 Å². The fourth-order valence-corrected chi connectivity index (χ4v) is 2.16. The molecule has 22 heavy (non-hydrogen) atoms. The van der Waals surface area contributed by atoms with Gasteiger partial charge < -0.3 is 24.2 Å². The lowest BCUT2D eigenvalue weighted by Gasteiger charge is -2.29. The number of carbonyl (C=O) groups is 3. The van der Waals surface area contributed by atoms with Crippen molar-refractivity contribution in [3.05, 3.63) is 0 Å². The standard InChI is InChI=1S/C15H27NO6/c1-11(6-5-7-13(17)18)8-15(21)22-12(9-14(19)20)10-16(2,3)4/h11-12H,5-10H2,1-4H3,(H-,17,18,19,20). The Balaban J connectivity index is 4.31. The van der Waals surface area contributed by atoms with Gasteiger partial charge in [0.1, 0.15) is 6.54 Å². The van der Waals surface area contributed by atoms with Gasteiger partial charge in [-0.2, -0.15) is 0 Å². The molecule has 0 spiro atoms. The molecule has 0 aromatic rings. The molecular weight excluding hydrogens is 290 g/mol. The number of rotatable bonds is 11. The van der Waals surface area contributed by atoms with Gasteiger partial charge >= 0.3 is 11.9 Å². The number of carboxylic acid groups (broad SMARTS) is 2. The summed E-state index contributed by atoms with van der Waals surface area (Å²) in [6.07, 6.45) is 0.305. The van der Waals surface area contributed by atoms with Crippen molar-refractivity contribution in [1.29, 1.82) is 0 Å².